The van der Waals surface area contributed by atoms with Gasteiger partial charge in [-0.15, -0.1) is 0 Å². The van der Waals surface area contributed by atoms with Crippen LogP contribution < -0.4 is 18.9 Å². The smallest absolute Gasteiger partial charge is 0.125 e. The van der Waals surface area contributed by atoms with Crippen LogP contribution in [-0.2, 0) is 67.0 Å². The van der Waals surface area contributed by atoms with E-state index >= 15 is 0 Å². The summed E-state index contributed by atoms with van der Waals surface area (Å²) in [6, 6.07) is 28.0. The number of hydrogen-bond acceptors (Lipinski definition) is 8. The van der Waals surface area contributed by atoms with Gasteiger partial charge in [-0.1, -0.05) is 115 Å². The molecule has 0 atom stereocenters. The Hall–Kier alpha value is -3.07. The number of hydrogen-bond donors (Lipinski definition) is 0. The van der Waals surface area contributed by atoms with Crippen LogP contribution in [-0.4, -0.2) is 26.4 Å². The van der Waals surface area contributed by atoms with Crippen LogP contribution in [0.4, 0.5) is 0 Å². The summed E-state index contributed by atoms with van der Waals surface area (Å²) in [4.78, 5) is 2.57. The van der Waals surface area contributed by atoms with E-state index in [1.807, 2.05) is 60.7 Å². The Morgan fingerprint density at radius 2 is 0.695 bits per heavy atom. The molecule has 4 aromatic rings. The summed E-state index contributed by atoms with van der Waals surface area (Å²) < 4.78 is 24.0. The van der Waals surface area contributed by atoms with Crippen molar-refractivity contribution in [2.45, 2.75) is 94.9 Å². The van der Waals surface area contributed by atoms with E-state index in [9.17, 15) is 0 Å². The Morgan fingerprint density at radius 3 is 0.983 bits per heavy atom. The van der Waals surface area contributed by atoms with E-state index in [2.05, 4.69) is 93.5 Å². The van der Waals surface area contributed by atoms with Gasteiger partial charge in [-0.2, -0.15) is 19.6 Å². The van der Waals surface area contributed by atoms with Crippen molar-refractivity contribution in [3.63, 3.8) is 0 Å². The SMILES string of the molecule is Cc1ccc(/C([S-])=C(/[S-])c2cc(OCCC(C)C)ccc2OCCC(C)C)cc1.Cc1ccc(/C([S-])=C(/[S-])c2cc(OCCC(C)C)ccc2OCCC(C)C)cc1.[Ni]. The molecular weight excluding hydrogens is 852 g/mol. The van der Waals surface area contributed by atoms with Gasteiger partial charge in [0.15, 0.2) is 0 Å². The molecule has 0 aliphatic rings. The molecule has 0 fully saturated rings. The molecule has 0 aliphatic heterocycles. The van der Waals surface area contributed by atoms with Crippen LogP contribution in [0.5, 0.6) is 23.0 Å². The second-order valence-electron chi connectivity index (χ2n) is 16.5. The van der Waals surface area contributed by atoms with Crippen LogP contribution >= 0.6 is 0 Å². The first-order valence-electron chi connectivity index (χ1n) is 20.7. The van der Waals surface area contributed by atoms with Gasteiger partial charge in [-0.05, 0) is 122 Å². The van der Waals surface area contributed by atoms with Crippen LogP contribution in [0.3, 0.4) is 0 Å². The third-order valence-corrected chi connectivity index (χ3v) is 11.3. The van der Waals surface area contributed by atoms with Crippen LogP contribution in [0.1, 0.15) is 114 Å². The van der Waals surface area contributed by atoms with Gasteiger partial charge in [0.2, 0.25) is 0 Å². The second kappa shape index (κ2) is 27.0. The van der Waals surface area contributed by atoms with E-state index in [4.69, 9.17) is 69.5 Å². The van der Waals surface area contributed by atoms with Gasteiger partial charge >= 0.3 is 0 Å². The van der Waals surface area contributed by atoms with Crippen LogP contribution in [0.2, 0.25) is 0 Å². The first kappa shape index (κ1) is 52.1. The van der Waals surface area contributed by atoms with Gasteiger partial charge < -0.3 is 69.5 Å². The van der Waals surface area contributed by atoms with Crippen molar-refractivity contribution in [2.75, 3.05) is 26.4 Å². The zero-order valence-electron chi connectivity index (χ0n) is 36.6. The molecule has 9 heteroatoms. The minimum atomic E-state index is 0. The van der Waals surface area contributed by atoms with Gasteiger partial charge in [0, 0.05) is 16.5 Å². The molecule has 0 heterocycles. The third-order valence-electron chi connectivity index (χ3n) is 9.26. The average Bonchev–Trinajstić information content (AvgIpc) is 3.18. The number of ether oxygens (including phenoxy) is 4. The van der Waals surface area contributed by atoms with E-state index in [1.54, 1.807) is 0 Å². The summed E-state index contributed by atoms with van der Waals surface area (Å²) in [7, 11) is 0. The fourth-order valence-corrected chi connectivity index (χ4v) is 6.40. The fourth-order valence-electron chi connectivity index (χ4n) is 5.36. The van der Waals surface area contributed by atoms with Crippen molar-refractivity contribution in [2.24, 2.45) is 23.7 Å². The zero-order valence-corrected chi connectivity index (χ0v) is 40.9. The van der Waals surface area contributed by atoms with Crippen LogP contribution in [0.25, 0.3) is 19.6 Å². The average molecular weight is 916 g/mol. The fraction of sp³-hybridized carbons (Fsp3) is 0.440. The molecule has 4 nitrogen and oxygen atoms in total. The molecule has 4 rings (SSSR count). The predicted molar refractivity (Wildman–Crippen MR) is 258 cm³/mol. The molecule has 0 spiro atoms. The summed E-state index contributed by atoms with van der Waals surface area (Å²) in [6.45, 7) is 24.3. The summed E-state index contributed by atoms with van der Waals surface area (Å²) in [5.74, 6) is 5.49. The van der Waals surface area contributed by atoms with E-state index in [-0.39, 0.29) is 16.5 Å². The molecule has 0 radical (unpaired) electrons. The molecule has 0 bridgehead atoms. The van der Waals surface area contributed by atoms with Gasteiger partial charge in [0.05, 0.1) is 26.4 Å². The van der Waals surface area contributed by atoms with E-state index in [0.717, 1.165) is 70.9 Å². The van der Waals surface area contributed by atoms with Gasteiger partial charge in [-0.25, -0.2) is 0 Å². The van der Waals surface area contributed by atoms with Gasteiger partial charge in [0.25, 0.3) is 0 Å². The quantitative estimate of drug-likeness (QED) is 0.0493. The topological polar surface area (TPSA) is 36.9 Å². The third kappa shape index (κ3) is 18.6. The molecule has 59 heavy (non-hydrogen) atoms. The molecule has 0 amide bonds. The Balaban J connectivity index is 0.000000400. The maximum atomic E-state index is 6.07. The summed E-state index contributed by atoms with van der Waals surface area (Å²) in [6.07, 6.45) is 3.99. The predicted octanol–water partition coefficient (Wildman–Crippen LogP) is 13.5. The van der Waals surface area contributed by atoms with Crippen molar-refractivity contribution >= 4 is 70.1 Å². The Labute approximate surface area is 389 Å². The summed E-state index contributed by atoms with van der Waals surface area (Å²) in [5.41, 5.74) is 5.96. The Bertz CT molecular complexity index is 1760. The minimum Gasteiger partial charge on any atom is -0.780 e. The van der Waals surface area contributed by atoms with Crippen molar-refractivity contribution < 1.29 is 35.4 Å². The summed E-state index contributed by atoms with van der Waals surface area (Å²) in [5, 5.41) is 0. The normalized spacial score (nSPS) is 12.0. The molecular formula is C50H64NiO4S4-4. The number of rotatable bonds is 20. The maximum Gasteiger partial charge on any atom is 0.125 e. The number of aryl methyl sites for hydroxylation is 2. The molecule has 0 aliphatic carbocycles. The van der Waals surface area contributed by atoms with Gasteiger partial charge in [-0.3, -0.25) is 0 Å². The molecule has 0 N–H and O–H groups in total. The summed E-state index contributed by atoms with van der Waals surface area (Å²) >= 11 is 23.0. The van der Waals surface area contributed by atoms with E-state index < -0.39 is 0 Å². The largest absolute Gasteiger partial charge is 0.780 e. The van der Waals surface area contributed by atoms with Crippen molar-refractivity contribution in [3.8, 4) is 23.0 Å². The van der Waals surface area contributed by atoms with Crippen LogP contribution in [0, 0.1) is 37.5 Å². The zero-order chi connectivity index (χ0) is 42.8. The molecule has 0 saturated carbocycles. The molecule has 0 aromatic heterocycles. The monoisotopic (exact) mass is 914 g/mol. The molecule has 4 aromatic carbocycles. The number of benzene rings is 4. The minimum absolute atomic E-state index is 0. The van der Waals surface area contributed by atoms with E-state index in [0.29, 0.717) is 69.7 Å². The first-order valence-corrected chi connectivity index (χ1v) is 22.3. The van der Waals surface area contributed by atoms with E-state index in [1.165, 1.54) is 11.1 Å². The standard InChI is InChI=1S/2C25H34O2S2.Ni/c2*1-17(2)12-14-26-21-10-11-23(27-15-13-18(3)4)22(16-21)25(29)24(28)20-8-6-19(5)7-9-20;/h2*6-11,16-18,28-29H,12-15H2,1-5H3;/p-4/b2*25-24-;. The van der Waals surface area contributed by atoms with Gasteiger partial charge in [0.1, 0.15) is 23.0 Å². The first-order chi connectivity index (χ1) is 27.5. The Morgan fingerprint density at radius 1 is 0.407 bits per heavy atom. The van der Waals surface area contributed by atoms with Crippen molar-refractivity contribution in [1.82, 2.24) is 0 Å². The van der Waals surface area contributed by atoms with Crippen LogP contribution in [0.15, 0.2) is 84.9 Å². The molecule has 0 unspecified atom stereocenters. The molecule has 0 saturated heterocycles. The van der Waals surface area contributed by atoms with Crippen molar-refractivity contribution in [1.29, 1.82) is 0 Å². The Kier molecular flexibility index (Phi) is 23.8. The maximum absolute atomic E-state index is 6.07. The second-order valence-corrected chi connectivity index (χ2v) is 18.1. The molecule has 326 valence electrons. The van der Waals surface area contributed by atoms with Crippen molar-refractivity contribution in [3.05, 3.63) is 118 Å².